The molecule has 0 bridgehead atoms. The number of carbonyl (C=O) groups excluding carboxylic acids is 4. The van der Waals surface area contributed by atoms with Gasteiger partial charge in [0.2, 0.25) is 21.8 Å². The highest BCUT2D eigenvalue weighted by atomic mass is 32.2. The van der Waals surface area contributed by atoms with E-state index in [9.17, 15) is 32.0 Å². The Morgan fingerprint density at radius 2 is 1.89 bits per heavy atom. The van der Waals surface area contributed by atoms with Crippen molar-refractivity contribution in [2.45, 2.75) is 102 Å². The third-order valence-electron chi connectivity index (χ3n) is 9.94. The summed E-state index contributed by atoms with van der Waals surface area (Å²) in [7, 11) is -3.80. The fourth-order valence-electron chi connectivity index (χ4n) is 6.97. The molecule has 3 aliphatic heterocycles. The maximum absolute atomic E-state index is 14.3. The van der Waals surface area contributed by atoms with E-state index in [-0.39, 0.29) is 61.8 Å². The Labute approximate surface area is 257 Å². The topological polar surface area (TPSA) is 130 Å². The second-order valence-electron chi connectivity index (χ2n) is 13.2. The summed E-state index contributed by atoms with van der Waals surface area (Å²) in [6, 6.07) is 3.80. The Hall–Kier alpha value is -3.28. The molecule has 1 N–H and O–H groups in total. The molecule has 5 aliphatic rings. The number of rotatable bonds is 4. The SMILES string of the molecule is C[C@H]1CCCCC/C=C\[C@H]2C[C@@]2(C(=O)NS(=O)(=O)C2CC2)CC(=O)[C@@H]2C[C@@H](OC(=O)N3Cc4cccc(F)c4C3)CN2C1=O. The van der Waals surface area contributed by atoms with Crippen LogP contribution in [-0.2, 0) is 42.2 Å². The molecule has 44 heavy (non-hydrogen) atoms. The van der Waals surface area contributed by atoms with Crippen molar-refractivity contribution in [3.8, 4) is 0 Å². The highest BCUT2D eigenvalue weighted by molar-refractivity contribution is 7.90. The van der Waals surface area contributed by atoms with Crippen LogP contribution >= 0.6 is 0 Å². The van der Waals surface area contributed by atoms with E-state index in [4.69, 9.17) is 4.74 Å². The van der Waals surface area contributed by atoms with Crippen LogP contribution in [0.1, 0.15) is 82.3 Å². The summed E-state index contributed by atoms with van der Waals surface area (Å²) < 4.78 is 47.6. The van der Waals surface area contributed by atoms with E-state index < -0.39 is 44.8 Å². The number of allylic oxidation sites excluding steroid dienone is 2. The van der Waals surface area contributed by atoms with Crippen molar-refractivity contribution >= 4 is 33.7 Å². The standard InChI is InChI=1S/C32H40FN3O7S/c1-20-8-5-3-2-4-6-10-22-15-32(22,30(39)34-44(41,42)24-12-13-24)16-28(37)27-14-23(18-36(27)29(20)38)43-31(40)35-17-21-9-7-11-26(33)25(21)19-35/h6-7,9-11,20,22-24,27H,2-5,8,12-19H2,1H3,(H,34,39)/b10-6-/t20-,22-,23+,27-,32+/m0/s1. The number of nitrogens with one attached hydrogen (secondary N) is 1. The van der Waals surface area contributed by atoms with Crippen molar-refractivity contribution in [1.29, 1.82) is 0 Å². The largest absolute Gasteiger partial charge is 0.444 e. The summed E-state index contributed by atoms with van der Waals surface area (Å²) in [5, 5.41) is -0.576. The molecule has 2 aliphatic carbocycles. The van der Waals surface area contributed by atoms with Crippen molar-refractivity contribution in [1.82, 2.24) is 14.5 Å². The fraction of sp³-hybridized carbons (Fsp3) is 0.625. The van der Waals surface area contributed by atoms with Crippen LogP contribution in [0, 0.1) is 23.1 Å². The van der Waals surface area contributed by atoms with Crippen LogP contribution in [0.15, 0.2) is 30.4 Å². The summed E-state index contributed by atoms with van der Waals surface area (Å²) in [4.78, 5) is 57.1. The number of fused-ring (bicyclic) bond motifs is 3. The Bertz CT molecular complexity index is 1490. The Kier molecular flexibility index (Phi) is 8.32. The van der Waals surface area contributed by atoms with Gasteiger partial charge < -0.3 is 9.64 Å². The van der Waals surface area contributed by atoms with Crippen LogP contribution in [0.3, 0.4) is 0 Å². The zero-order valence-corrected chi connectivity index (χ0v) is 25.8. The smallest absolute Gasteiger partial charge is 0.410 e. The van der Waals surface area contributed by atoms with Crippen LogP contribution in [-0.4, -0.2) is 65.8 Å². The molecular formula is C32H40FN3O7S. The molecule has 3 heterocycles. The van der Waals surface area contributed by atoms with Gasteiger partial charge in [-0.3, -0.25) is 24.0 Å². The molecule has 6 rings (SSSR count). The number of benzene rings is 1. The van der Waals surface area contributed by atoms with Gasteiger partial charge in [-0.1, -0.05) is 44.1 Å². The van der Waals surface area contributed by atoms with Gasteiger partial charge in [0.15, 0.2) is 5.78 Å². The van der Waals surface area contributed by atoms with Crippen LogP contribution in [0.5, 0.6) is 0 Å². The van der Waals surface area contributed by atoms with Gasteiger partial charge in [-0.25, -0.2) is 17.6 Å². The minimum atomic E-state index is -3.80. The van der Waals surface area contributed by atoms with Crippen molar-refractivity contribution < 1.29 is 36.7 Å². The number of Topliss-reactive ketones (excluding diaryl/α,β-unsaturated/α-hetero) is 1. The quantitative estimate of drug-likeness (QED) is 0.499. The minimum absolute atomic E-state index is 0.0407. The molecule has 10 nitrogen and oxygen atoms in total. The molecular weight excluding hydrogens is 589 g/mol. The van der Waals surface area contributed by atoms with Crippen LogP contribution in [0.4, 0.5) is 9.18 Å². The lowest BCUT2D eigenvalue weighted by atomic mass is 9.91. The van der Waals surface area contributed by atoms with E-state index >= 15 is 0 Å². The highest BCUT2D eigenvalue weighted by Gasteiger charge is 2.61. The first-order valence-corrected chi connectivity index (χ1v) is 17.3. The van der Waals surface area contributed by atoms with E-state index in [0.29, 0.717) is 36.8 Å². The van der Waals surface area contributed by atoms with E-state index in [1.165, 1.54) is 15.9 Å². The third kappa shape index (κ3) is 6.14. The van der Waals surface area contributed by atoms with Crippen LogP contribution in [0.2, 0.25) is 0 Å². The molecule has 3 fully saturated rings. The van der Waals surface area contributed by atoms with E-state index in [0.717, 1.165) is 25.7 Å². The van der Waals surface area contributed by atoms with Gasteiger partial charge in [-0.2, -0.15) is 0 Å². The van der Waals surface area contributed by atoms with Crippen molar-refractivity contribution in [2.24, 2.45) is 17.3 Å². The molecule has 0 spiro atoms. The second kappa shape index (κ2) is 11.9. The first-order chi connectivity index (χ1) is 21.0. The Morgan fingerprint density at radius 3 is 2.64 bits per heavy atom. The lowest BCUT2D eigenvalue weighted by Crippen LogP contribution is -2.46. The molecule has 1 saturated heterocycles. The molecule has 12 heteroatoms. The number of hydrogen-bond donors (Lipinski definition) is 1. The first-order valence-electron chi connectivity index (χ1n) is 15.8. The second-order valence-corrected chi connectivity index (χ2v) is 15.2. The fourth-order valence-corrected chi connectivity index (χ4v) is 8.35. The highest BCUT2D eigenvalue weighted by Crippen LogP contribution is 2.57. The van der Waals surface area contributed by atoms with E-state index in [2.05, 4.69) is 4.72 Å². The molecule has 0 unspecified atom stereocenters. The molecule has 3 amide bonds. The molecule has 5 atom stereocenters. The summed E-state index contributed by atoms with van der Waals surface area (Å²) in [6.45, 7) is 2.16. The predicted molar refractivity (Wildman–Crippen MR) is 158 cm³/mol. The number of ether oxygens (including phenoxy) is 1. The number of amides is 3. The normalized spacial score (nSPS) is 31.7. The molecule has 1 aromatic carbocycles. The van der Waals surface area contributed by atoms with Gasteiger partial charge in [0, 0.05) is 30.9 Å². The summed E-state index contributed by atoms with van der Waals surface area (Å²) in [5.74, 6) is -2.21. The number of hydrogen-bond acceptors (Lipinski definition) is 7. The van der Waals surface area contributed by atoms with Gasteiger partial charge in [0.25, 0.3) is 0 Å². The zero-order chi connectivity index (χ0) is 31.2. The van der Waals surface area contributed by atoms with Gasteiger partial charge in [0.1, 0.15) is 11.9 Å². The lowest BCUT2D eigenvalue weighted by Gasteiger charge is -2.27. The third-order valence-corrected chi connectivity index (χ3v) is 11.8. The average Bonchev–Trinajstić information content (AvgIpc) is 3.86. The van der Waals surface area contributed by atoms with Gasteiger partial charge >= 0.3 is 6.09 Å². The van der Waals surface area contributed by atoms with Crippen molar-refractivity contribution in [3.05, 3.63) is 47.3 Å². The first kappa shape index (κ1) is 30.7. The van der Waals surface area contributed by atoms with Gasteiger partial charge in [-0.15, -0.1) is 0 Å². The predicted octanol–water partition coefficient (Wildman–Crippen LogP) is 3.98. The zero-order valence-electron chi connectivity index (χ0n) is 25.0. The van der Waals surface area contributed by atoms with Crippen LogP contribution in [0.25, 0.3) is 0 Å². The summed E-state index contributed by atoms with van der Waals surface area (Å²) in [5.41, 5.74) is -0.0421. The van der Waals surface area contributed by atoms with Gasteiger partial charge in [-0.05, 0) is 56.1 Å². The molecule has 0 radical (unpaired) electrons. The van der Waals surface area contributed by atoms with E-state index in [1.54, 1.807) is 12.1 Å². The average molecular weight is 630 g/mol. The maximum Gasteiger partial charge on any atom is 0.410 e. The molecule has 0 aromatic heterocycles. The summed E-state index contributed by atoms with van der Waals surface area (Å²) in [6.07, 6.45) is 7.95. The summed E-state index contributed by atoms with van der Waals surface area (Å²) >= 11 is 0. The maximum atomic E-state index is 14.3. The monoisotopic (exact) mass is 629 g/mol. The molecule has 2 saturated carbocycles. The minimum Gasteiger partial charge on any atom is -0.444 e. The number of ketones is 1. The Balaban J connectivity index is 1.20. The number of carbonyl (C=O) groups is 4. The van der Waals surface area contributed by atoms with Crippen LogP contribution < -0.4 is 4.72 Å². The number of nitrogens with zero attached hydrogens (tertiary/aromatic N) is 2. The molecule has 1 aromatic rings. The van der Waals surface area contributed by atoms with Crippen molar-refractivity contribution in [3.63, 3.8) is 0 Å². The molecule has 238 valence electrons. The van der Waals surface area contributed by atoms with Crippen molar-refractivity contribution in [2.75, 3.05) is 6.54 Å². The number of halogens is 1. The van der Waals surface area contributed by atoms with E-state index in [1.807, 2.05) is 19.1 Å². The number of sulfonamides is 1. The lowest BCUT2D eigenvalue weighted by molar-refractivity contribution is -0.141. The Morgan fingerprint density at radius 1 is 1.09 bits per heavy atom. The van der Waals surface area contributed by atoms with Gasteiger partial charge in [0.05, 0.1) is 29.8 Å².